The fourth-order valence-electron chi connectivity index (χ4n) is 1.87. The molecule has 0 saturated carbocycles. The van der Waals surface area contributed by atoms with Gasteiger partial charge in [-0.2, -0.15) is 0 Å². The lowest BCUT2D eigenvalue weighted by atomic mass is 10.0. The molecular formula is C14H16N4O2. The topological polar surface area (TPSA) is 81.0 Å². The molecule has 0 aliphatic carbocycles. The molecule has 1 aromatic heterocycles. The summed E-state index contributed by atoms with van der Waals surface area (Å²) >= 11 is 0. The van der Waals surface area contributed by atoms with Crippen molar-refractivity contribution in [3.8, 4) is 11.3 Å². The van der Waals surface area contributed by atoms with Gasteiger partial charge in [0.2, 0.25) is 5.95 Å². The van der Waals surface area contributed by atoms with Crippen LogP contribution in [-0.2, 0) is 0 Å². The van der Waals surface area contributed by atoms with E-state index in [2.05, 4.69) is 15.3 Å². The number of rotatable bonds is 5. The van der Waals surface area contributed by atoms with Gasteiger partial charge in [0, 0.05) is 12.1 Å². The highest BCUT2D eigenvalue weighted by Gasteiger charge is 2.19. The SMILES string of the molecule is CCCNc1ncc([N+](=O)[O-])c(-c2ccccc2C)n1. The first-order valence-electron chi connectivity index (χ1n) is 6.44. The highest BCUT2D eigenvalue weighted by atomic mass is 16.6. The fraction of sp³-hybridized carbons (Fsp3) is 0.286. The van der Waals surface area contributed by atoms with Crippen molar-refractivity contribution in [2.75, 3.05) is 11.9 Å². The van der Waals surface area contributed by atoms with Crippen LogP contribution < -0.4 is 5.32 Å². The van der Waals surface area contributed by atoms with Gasteiger partial charge in [0.1, 0.15) is 6.20 Å². The first-order valence-corrected chi connectivity index (χ1v) is 6.44. The summed E-state index contributed by atoms with van der Waals surface area (Å²) in [5.41, 5.74) is 1.96. The predicted octanol–water partition coefficient (Wildman–Crippen LogP) is 3.18. The summed E-state index contributed by atoms with van der Waals surface area (Å²) in [4.78, 5) is 19.0. The second-order valence-corrected chi connectivity index (χ2v) is 4.43. The van der Waals surface area contributed by atoms with Crippen LogP contribution >= 0.6 is 0 Å². The third-order valence-corrected chi connectivity index (χ3v) is 2.90. The smallest absolute Gasteiger partial charge is 0.313 e. The molecule has 6 nitrogen and oxygen atoms in total. The Morgan fingerprint density at radius 3 is 2.75 bits per heavy atom. The quantitative estimate of drug-likeness (QED) is 0.667. The van der Waals surface area contributed by atoms with Crippen LogP contribution in [0, 0.1) is 17.0 Å². The van der Waals surface area contributed by atoms with Crippen molar-refractivity contribution in [3.05, 3.63) is 46.1 Å². The molecule has 20 heavy (non-hydrogen) atoms. The van der Waals surface area contributed by atoms with Crippen LogP contribution in [0.1, 0.15) is 18.9 Å². The predicted molar refractivity (Wildman–Crippen MR) is 77.6 cm³/mol. The standard InChI is InChI=1S/C14H16N4O2/c1-3-8-15-14-16-9-12(18(19)20)13(17-14)11-7-5-4-6-10(11)2/h4-7,9H,3,8H2,1-2H3,(H,15,16,17). The number of aryl methyl sites for hydroxylation is 1. The summed E-state index contributed by atoms with van der Waals surface area (Å²) < 4.78 is 0. The third kappa shape index (κ3) is 2.90. The van der Waals surface area contributed by atoms with Crippen molar-refractivity contribution in [2.24, 2.45) is 0 Å². The van der Waals surface area contributed by atoms with Crippen molar-refractivity contribution in [3.63, 3.8) is 0 Å². The third-order valence-electron chi connectivity index (χ3n) is 2.90. The van der Waals surface area contributed by atoms with E-state index in [1.165, 1.54) is 6.20 Å². The summed E-state index contributed by atoms with van der Waals surface area (Å²) in [5.74, 6) is 0.413. The molecular weight excluding hydrogens is 256 g/mol. The van der Waals surface area contributed by atoms with E-state index in [1.807, 2.05) is 38.1 Å². The lowest BCUT2D eigenvalue weighted by Gasteiger charge is -2.08. The van der Waals surface area contributed by atoms with Crippen LogP contribution in [-0.4, -0.2) is 21.4 Å². The Bertz CT molecular complexity index is 628. The molecule has 104 valence electrons. The molecule has 0 unspecified atom stereocenters. The zero-order chi connectivity index (χ0) is 14.5. The van der Waals surface area contributed by atoms with Gasteiger partial charge >= 0.3 is 5.69 Å². The minimum atomic E-state index is -0.453. The largest absolute Gasteiger partial charge is 0.354 e. The van der Waals surface area contributed by atoms with Gasteiger partial charge in [-0.1, -0.05) is 31.2 Å². The first-order chi connectivity index (χ1) is 9.63. The van der Waals surface area contributed by atoms with Gasteiger partial charge in [-0.05, 0) is 18.9 Å². The average Bonchev–Trinajstić information content (AvgIpc) is 2.45. The van der Waals surface area contributed by atoms with Crippen molar-refractivity contribution >= 4 is 11.6 Å². The number of benzene rings is 1. The lowest BCUT2D eigenvalue weighted by molar-refractivity contribution is -0.384. The van der Waals surface area contributed by atoms with E-state index in [4.69, 9.17) is 0 Å². The summed E-state index contributed by atoms with van der Waals surface area (Å²) in [6.45, 7) is 4.66. The minimum Gasteiger partial charge on any atom is -0.354 e. The van der Waals surface area contributed by atoms with E-state index in [1.54, 1.807) is 0 Å². The molecule has 0 aliphatic heterocycles. The maximum Gasteiger partial charge on any atom is 0.313 e. The maximum atomic E-state index is 11.1. The molecule has 2 rings (SSSR count). The molecule has 0 aliphatic rings. The molecule has 0 fully saturated rings. The second kappa shape index (κ2) is 6.10. The van der Waals surface area contributed by atoms with Crippen LogP contribution in [0.2, 0.25) is 0 Å². The van der Waals surface area contributed by atoms with Crippen LogP contribution in [0.4, 0.5) is 11.6 Å². The number of hydrogen-bond acceptors (Lipinski definition) is 5. The number of nitrogens with zero attached hydrogens (tertiary/aromatic N) is 3. The van der Waals surface area contributed by atoms with Crippen molar-refractivity contribution in [1.82, 2.24) is 9.97 Å². The Morgan fingerprint density at radius 2 is 2.10 bits per heavy atom. The van der Waals surface area contributed by atoms with Crippen molar-refractivity contribution < 1.29 is 4.92 Å². The van der Waals surface area contributed by atoms with Crippen molar-refractivity contribution in [1.29, 1.82) is 0 Å². The Hall–Kier alpha value is -2.50. The van der Waals surface area contributed by atoms with E-state index in [-0.39, 0.29) is 5.69 Å². The van der Waals surface area contributed by atoms with Crippen LogP contribution in [0.25, 0.3) is 11.3 Å². The summed E-state index contributed by atoms with van der Waals surface area (Å²) in [6.07, 6.45) is 2.19. The Morgan fingerprint density at radius 1 is 1.35 bits per heavy atom. The number of anilines is 1. The Labute approximate surface area is 117 Å². The van der Waals surface area contributed by atoms with Crippen LogP contribution in [0.5, 0.6) is 0 Å². The summed E-state index contributed by atoms with van der Waals surface area (Å²) in [7, 11) is 0. The number of nitro groups is 1. The van der Waals surface area contributed by atoms with Crippen molar-refractivity contribution in [2.45, 2.75) is 20.3 Å². The molecule has 1 N–H and O–H groups in total. The van der Waals surface area contributed by atoms with Gasteiger partial charge < -0.3 is 5.32 Å². The molecule has 0 saturated heterocycles. The maximum absolute atomic E-state index is 11.1. The van der Waals surface area contributed by atoms with E-state index in [0.717, 1.165) is 24.1 Å². The van der Waals surface area contributed by atoms with E-state index >= 15 is 0 Å². The molecule has 0 spiro atoms. The summed E-state index contributed by atoms with van der Waals surface area (Å²) in [5, 5.41) is 14.2. The zero-order valence-corrected chi connectivity index (χ0v) is 11.5. The molecule has 0 atom stereocenters. The Balaban J connectivity index is 2.53. The fourth-order valence-corrected chi connectivity index (χ4v) is 1.87. The molecule has 0 amide bonds. The molecule has 2 aromatic rings. The molecule has 6 heteroatoms. The van der Waals surface area contributed by atoms with Gasteiger partial charge in [-0.15, -0.1) is 0 Å². The van der Waals surface area contributed by atoms with E-state index in [0.29, 0.717) is 11.6 Å². The highest BCUT2D eigenvalue weighted by Crippen LogP contribution is 2.30. The molecule has 0 radical (unpaired) electrons. The first kappa shape index (κ1) is 13.9. The lowest BCUT2D eigenvalue weighted by Crippen LogP contribution is -2.06. The monoisotopic (exact) mass is 272 g/mol. The second-order valence-electron chi connectivity index (χ2n) is 4.43. The summed E-state index contributed by atoms with van der Waals surface area (Å²) in [6, 6.07) is 7.46. The number of nitrogens with one attached hydrogen (secondary N) is 1. The molecule has 1 aromatic carbocycles. The Kier molecular flexibility index (Phi) is 4.24. The van der Waals surface area contributed by atoms with Gasteiger partial charge in [-0.3, -0.25) is 10.1 Å². The number of hydrogen-bond donors (Lipinski definition) is 1. The number of aromatic nitrogens is 2. The van der Waals surface area contributed by atoms with Crippen LogP contribution in [0.3, 0.4) is 0 Å². The van der Waals surface area contributed by atoms with Gasteiger partial charge in [-0.25, -0.2) is 9.97 Å². The average molecular weight is 272 g/mol. The van der Waals surface area contributed by atoms with Gasteiger partial charge in [0.15, 0.2) is 5.69 Å². The van der Waals surface area contributed by atoms with E-state index < -0.39 is 4.92 Å². The van der Waals surface area contributed by atoms with Crippen LogP contribution in [0.15, 0.2) is 30.5 Å². The zero-order valence-electron chi connectivity index (χ0n) is 11.5. The highest BCUT2D eigenvalue weighted by molar-refractivity contribution is 5.72. The van der Waals surface area contributed by atoms with Gasteiger partial charge in [0.25, 0.3) is 0 Å². The van der Waals surface area contributed by atoms with E-state index in [9.17, 15) is 10.1 Å². The molecule has 0 bridgehead atoms. The van der Waals surface area contributed by atoms with Gasteiger partial charge in [0.05, 0.1) is 4.92 Å². The minimum absolute atomic E-state index is 0.0821. The molecule has 1 heterocycles. The normalized spacial score (nSPS) is 10.3.